The van der Waals surface area contributed by atoms with Gasteiger partial charge in [-0.25, -0.2) is 9.78 Å². The number of carbonyl (C=O) groups is 1. The van der Waals surface area contributed by atoms with E-state index in [1.54, 1.807) is 13.8 Å². The van der Waals surface area contributed by atoms with Crippen LogP contribution in [0.1, 0.15) is 48.1 Å². The Hall–Kier alpha value is -1.41. The lowest BCUT2D eigenvalue weighted by atomic mass is 9.98. The molecule has 0 aliphatic rings. The standard InChI is InChI=1S/C12H16N2O2S/c1-7(6-13)16-10(15)9-8(2)14-11(17-9)12(3,4)5/h7H,1-5H3/t7-/m0/s1. The van der Waals surface area contributed by atoms with E-state index < -0.39 is 12.1 Å². The fourth-order valence-corrected chi connectivity index (χ4v) is 2.15. The van der Waals surface area contributed by atoms with Crippen molar-refractivity contribution in [1.29, 1.82) is 5.26 Å². The summed E-state index contributed by atoms with van der Waals surface area (Å²) >= 11 is 1.33. The Morgan fingerprint density at radius 2 is 2.12 bits per heavy atom. The van der Waals surface area contributed by atoms with Crippen molar-refractivity contribution in [1.82, 2.24) is 4.98 Å². The van der Waals surface area contributed by atoms with Crippen molar-refractivity contribution in [3.8, 4) is 6.07 Å². The van der Waals surface area contributed by atoms with E-state index in [2.05, 4.69) is 4.98 Å². The number of nitrogens with zero attached hydrogens (tertiary/aromatic N) is 2. The highest BCUT2D eigenvalue weighted by atomic mass is 32.1. The first-order valence-electron chi connectivity index (χ1n) is 5.34. The van der Waals surface area contributed by atoms with Crippen LogP contribution >= 0.6 is 11.3 Å². The molecule has 0 aromatic carbocycles. The summed E-state index contributed by atoms with van der Waals surface area (Å²) in [5, 5.41) is 9.49. The highest BCUT2D eigenvalue weighted by molar-refractivity contribution is 7.13. The van der Waals surface area contributed by atoms with E-state index in [1.165, 1.54) is 11.3 Å². The van der Waals surface area contributed by atoms with Gasteiger partial charge in [-0.3, -0.25) is 0 Å². The summed E-state index contributed by atoms with van der Waals surface area (Å²) in [6.07, 6.45) is -0.734. The van der Waals surface area contributed by atoms with Crippen molar-refractivity contribution in [2.24, 2.45) is 0 Å². The Bertz CT molecular complexity index is 466. The molecule has 0 saturated carbocycles. The summed E-state index contributed by atoms with van der Waals surface area (Å²) in [4.78, 5) is 16.6. The first-order valence-corrected chi connectivity index (χ1v) is 6.16. The quantitative estimate of drug-likeness (QED) is 0.759. The van der Waals surface area contributed by atoms with E-state index >= 15 is 0 Å². The zero-order chi connectivity index (χ0) is 13.2. The summed E-state index contributed by atoms with van der Waals surface area (Å²) in [5.74, 6) is -0.468. The van der Waals surface area contributed by atoms with Crippen LogP contribution in [0.2, 0.25) is 0 Å². The molecule has 0 amide bonds. The number of esters is 1. The molecular formula is C12H16N2O2S. The number of hydrogen-bond donors (Lipinski definition) is 0. The summed E-state index contributed by atoms with van der Waals surface area (Å²) in [6, 6.07) is 1.86. The van der Waals surface area contributed by atoms with Crippen LogP contribution in [0.5, 0.6) is 0 Å². The smallest absolute Gasteiger partial charge is 0.351 e. The van der Waals surface area contributed by atoms with Crippen molar-refractivity contribution in [3.63, 3.8) is 0 Å². The van der Waals surface area contributed by atoms with E-state index in [1.807, 2.05) is 26.8 Å². The van der Waals surface area contributed by atoms with Crippen molar-refractivity contribution in [3.05, 3.63) is 15.6 Å². The van der Waals surface area contributed by atoms with Gasteiger partial charge in [-0.2, -0.15) is 5.26 Å². The Morgan fingerprint density at radius 3 is 2.53 bits per heavy atom. The molecule has 17 heavy (non-hydrogen) atoms. The van der Waals surface area contributed by atoms with Crippen LogP contribution in [0.4, 0.5) is 0 Å². The average molecular weight is 252 g/mol. The summed E-state index contributed by atoms with van der Waals surface area (Å²) in [5.41, 5.74) is 0.574. The zero-order valence-corrected chi connectivity index (χ0v) is 11.5. The topological polar surface area (TPSA) is 63.0 Å². The molecule has 0 unspecified atom stereocenters. The van der Waals surface area contributed by atoms with Crippen LogP contribution in [-0.4, -0.2) is 17.1 Å². The second-order valence-corrected chi connectivity index (χ2v) is 5.86. The van der Waals surface area contributed by atoms with Crippen LogP contribution in [0, 0.1) is 18.3 Å². The highest BCUT2D eigenvalue weighted by Crippen LogP contribution is 2.29. The van der Waals surface area contributed by atoms with E-state index in [0.29, 0.717) is 10.6 Å². The molecule has 0 radical (unpaired) electrons. The predicted octanol–water partition coefficient (Wildman–Crippen LogP) is 2.82. The summed E-state index contributed by atoms with van der Waals surface area (Å²) in [6.45, 7) is 9.44. The number of aryl methyl sites for hydroxylation is 1. The largest absolute Gasteiger partial charge is 0.443 e. The Labute approximate surface area is 105 Å². The number of thiazole rings is 1. The van der Waals surface area contributed by atoms with Gasteiger partial charge in [-0.1, -0.05) is 20.8 Å². The van der Waals surface area contributed by atoms with E-state index in [4.69, 9.17) is 10.00 Å². The fourth-order valence-electron chi connectivity index (χ4n) is 1.15. The van der Waals surface area contributed by atoms with Gasteiger partial charge in [0.1, 0.15) is 10.9 Å². The number of hydrogen-bond acceptors (Lipinski definition) is 5. The SMILES string of the molecule is Cc1nc(C(C)(C)C)sc1C(=O)O[C@@H](C)C#N. The molecule has 0 fully saturated rings. The van der Waals surface area contributed by atoms with Gasteiger partial charge in [0, 0.05) is 5.41 Å². The molecule has 5 heteroatoms. The second-order valence-electron chi connectivity index (χ2n) is 4.86. The predicted molar refractivity (Wildman–Crippen MR) is 66.0 cm³/mol. The lowest BCUT2D eigenvalue weighted by Crippen LogP contribution is -2.12. The minimum atomic E-state index is -0.734. The van der Waals surface area contributed by atoms with Crippen molar-refractivity contribution in [2.75, 3.05) is 0 Å². The summed E-state index contributed by atoms with van der Waals surface area (Å²) < 4.78 is 4.96. The molecule has 0 aliphatic heterocycles. The molecule has 0 aliphatic carbocycles. The fraction of sp³-hybridized carbons (Fsp3) is 0.583. The van der Waals surface area contributed by atoms with Gasteiger partial charge in [0.2, 0.25) is 0 Å². The van der Waals surface area contributed by atoms with Gasteiger partial charge < -0.3 is 4.74 Å². The van der Waals surface area contributed by atoms with Crippen LogP contribution in [0.15, 0.2) is 0 Å². The Balaban J connectivity index is 2.97. The third-order valence-electron chi connectivity index (χ3n) is 2.09. The van der Waals surface area contributed by atoms with Crippen molar-refractivity contribution < 1.29 is 9.53 Å². The van der Waals surface area contributed by atoms with Crippen LogP contribution in [-0.2, 0) is 10.2 Å². The number of nitriles is 1. The first-order chi connectivity index (χ1) is 7.75. The second kappa shape index (κ2) is 4.84. The average Bonchev–Trinajstić information content (AvgIpc) is 2.59. The highest BCUT2D eigenvalue weighted by Gasteiger charge is 2.24. The molecule has 0 bridgehead atoms. The molecule has 0 N–H and O–H groups in total. The third kappa shape index (κ3) is 3.27. The van der Waals surface area contributed by atoms with Gasteiger partial charge in [-0.15, -0.1) is 11.3 Å². The van der Waals surface area contributed by atoms with Gasteiger partial charge >= 0.3 is 5.97 Å². The van der Waals surface area contributed by atoms with Crippen molar-refractivity contribution >= 4 is 17.3 Å². The molecule has 0 spiro atoms. The molecule has 1 aromatic heterocycles. The van der Waals surface area contributed by atoms with Gasteiger partial charge in [0.25, 0.3) is 0 Å². The van der Waals surface area contributed by atoms with E-state index in [0.717, 1.165) is 5.01 Å². The molecule has 1 atom stereocenters. The van der Waals surface area contributed by atoms with Crippen LogP contribution < -0.4 is 0 Å². The van der Waals surface area contributed by atoms with Crippen LogP contribution in [0.25, 0.3) is 0 Å². The lowest BCUT2D eigenvalue weighted by Gasteiger charge is -2.13. The maximum Gasteiger partial charge on any atom is 0.351 e. The Morgan fingerprint density at radius 1 is 1.53 bits per heavy atom. The Kier molecular flexibility index (Phi) is 3.89. The number of carbonyl (C=O) groups excluding carboxylic acids is 1. The van der Waals surface area contributed by atoms with Crippen molar-refractivity contribution in [2.45, 2.75) is 46.1 Å². The van der Waals surface area contributed by atoms with Gasteiger partial charge in [-0.05, 0) is 13.8 Å². The number of aromatic nitrogens is 1. The minimum Gasteiger partial charge on any atom is -0.443 e. The molecule has 1 aromatic rings. The minimum absolute atomic E-state index is 0.0885. The maximum absolute atomic E-state index is 11.8. The van der Waals surface area contributed by atoms with E-state index in [9.17, 15) is 4.79 Å². The maximum atomic E-state index is 11.8. The normalized spacial score (nSPS) is 12.9. The van der Waals surface area contributed by atoms with E-state index in [-0.39, 0.29) is 5.41 Å². The first kappa shape index (κ1) is 13.7. The molecule has 1 rings (SSSR count). The molecule has 0 saturated heterocycles. The zero-order valence-electron chi connectivity index (χ0n) is 10.7. The molecule has 92 valence electrons. The monoisotopic (exact) mass is 252 g/mol. The lowest BCUT2D eigenvalue weighted by molar-refractivity contribution is 0.0440. The molecule has 4 nitrogen and oxygen atoms in total. The van der Waals surface area contributed by atoms with Crippen LogP contribution in [0.3, 0.4) is 0 Å². The number of rotatable bonds is 2. The molecule has 1 heterocycles. The van der Waals surface area contributed by atoms with Gasteiger partial charge in [0.05, 0.1) is 10.7 Å². The van der Waals surface area contributed by atoms with Gasteiger partial charge in [0.15, 0.2) is 6.10 Å². The summed E-state index contributed by atoms with van der Waals surface area (Å²) in [7, 11) is 0. The number of ether oxygens (including phenoxy) is 1. The third-order valence-corrected chi connectivity index (χ3v) is 3.65. The molecular weight excluding hydrogens is 236 g/mol.